The molecule has 3 aliphatic heterocycles. The average Bonchev–Trinajstić information content (AvgIpc) is 3.65. The molecule has 5 heterocycles. The molecule has 0 bridgehead atoms. The lowest BCUT2D eigenvalue weighted by molar-refractivity contribution is -0.121. The zero-order valence-corrected chi connectivity index (χ0v) is 20.4. The van der Waals surface area contributed by atoms with Gasteiger partial charge >= 0.3 is 0 Å². The molecule has 4 atom stereocenters. The summed E-state index contributed by atoms with van der Waals surface area (Å²) in [5.41, 5.74) is 2.10. The first-order chi connectivity index (χ1) is 18.1. The molecule has 0 saturated carbocycles. The highest BCUT2D eigenvalue weighted by molar-refractivity contribution is 7.12. The number of aromatic nitrogens is 1. The van der Waals surface area contributed by atoms with Gasteiger partial charge in [0, 0.05) is 17.6 Å². The van der Waals surface area contributed by atoms with Crippen molar-refractivity contribution in [3.63, 3.8) is 0 Å². The van der Waals surface area contributed by atoms with Crippen LogP contribution >= 0.6 is 11.3 Å². The van der Waals surface area contributed by atoms with E-state index < -0.39 is 23.4 Å². The number of hydrogen-bond donors (Lipinski definition) is 1. The first-order valence-corrected chi connectivity index (χ1v) is 13.0. The number of rotatable bonds is 4. The summed E-state index contributed by atoms with van der Waals surface area (Å²) in [5, 5.41) is 4.89. The molecule has 0 radical (unpaired) electrons. The van der Waals surface area contributed by atoms with Crippen molar-refractivity contribution in [2.24, 2.45) is 5.92 Å². The largest absolute Gasteiger partial charge is 0.352 e. The second kappa shape index (κ2) is 8.08. The molecule has 6 nitrogen and oxygen atoms in total. The van der Waals surface area contributed by atoms with Gasteiger partial charge in [0.05, 0.1) is 16.8 Å². The Morgan fingerprint density at radius 3 is 2.54 bits per heavy atom. The predicted octanol–water partition coefficient (Wildman–Crippen LogP) is 5.00. The summed E-state index contributed by atoms with van der Waals surface area (Å²) >= 11 is 1.34. The number of ketones is 2. The van der Waals surface area contributed by atoms with Crippen molar-refractivity contribution in [1.29, 1.82) is 0 Å². The molecule has 1 fully saturated rings. The molecule has 1 N–H and O–H groups in total. The maximum atomic E-state index is 14.5. The molecule has 2 aromatic heterocycles. The van der Waals surface area contributed by atoms with Gasteiger partial charge in [-0.25, -0.2) is 0 Å². The first kappa shape index (κ1) is 21.9. The number of nitrogens with one attached hydrogen (secondary N) is 1. The van der Waals surface area contributed by atoms with E-state index in [0.717, 1.165) is 16.8 Å². The smallest absolute Gasteiger partial charge is 0.238 e. The minimum absolute atomic E-state index is 0.173. The Bertz CT molecular complexity index is 1600. The molecule has 2 aromatic carbocycles. The third-order valence-corrected chi connectivity index (χ3v) is 8.66. The van der Waals surface area contributed by atoms with Gasteiger partial charge in [-0.05, 0) is 46.8 Å². The normalized spacial score (nSPS) is 24.9. The molecule has 0 aliphatic carbocycles. The van der Waals surface area contributed by atoms with Crippen molar-refractivity contribution >= 4 is 46.3 Å². The van der Waals surface area contributed by atoms with Gasteiger partial charge in [-0.1, -0.05) is 60.7 Å². The standard InChI is InChI=1S/C30H21N3O3S/c34-27(21-11-5-6-16-31-21)25-26(28(35)23-13-7-17-37-23)33-22-12-4-1-8-18(22)14-15-24(33)30(25)19-9-2-3-10-20(19)32-29(30)36/h1-17,24-26H,(H,32,36)/t24-,25-,26-,30+/m1/s1. The summed E-state index contributed by atoms with van der Waals surface area (Å²) in [4.78, 5) is 49.9. The first-order valence-electron chi connectivity index (χ1n) is 12.1. The molecular weight excluding hydrogens is 482 g/mol. The third kappa shape index (κ3) is 2.92. The van der Waals surface area contributed by atoms with Crippen molar-refractivity contribution in [2.45, 2.75) is 17.5 Å². The van der Waals surface area contributed by atoms with Crippen LogP contribution in [0.15, 0.2) is 96.5 Å². The molecular formula is C30H21N3O3S. The summed E-state index contributed by atoms with van der Waals surface area (Å²) in [6.45, 7) is 0. The SMILES string of the molecule is O=C(c1cccs1)[C@H]1[C@H](C(=O)c2ccccn2)[C@@]2(C(=O)Nc3ccccc32)[C@H]2C=Cc3ccccc3N12. The van der Waals surface area contributed by atoms with Gasteiger partial charge in [-0.3, -0.25) is 19.4 Å². The number of carbonyl (C=O) groups excluding carboxylic acids is 3. The van der Waals surface area contributed by atoms with E-state index in [2.05, 4.69) is 10.3 Å². The quantitative estimate of drug-likeness (QED) is 0.397. The fraction of sp³-hybridized carbons (Fsp3) is 0.133. The minimum atomic E-state index is -1.31. The predicted molar refractivity (Wildman–Crippen MR) is 143 cm³/mol. The van der Waals surface area contributed by atoms with Crippen LogP contribution in [0, 0.1) is 5.92 Å². The zero-order chi connectivity index (χ0) is 25.1. The lowest BCUT2D eigenvalue weighted by Gasteiger charge is -2.37. The van der Waals surface area contributed by atoms with Crippen LogP contribution in [0.2, 0.25) is 0 Å². The topological polar surface area (TPSA) is 79.4 Å². The molecule has 1 amide bonds. The van der Waals surface area contributed by atoms with Crippen LogP contribution in [0.4, 0.5) is 11.4 Å². The summed E-state index contributed by atoms with van der Waals surface area (Å²) < 4.78 is 0. The van der Waals surface area contributed by atoms with E-state index in [0.29, 0.717) is 10.6 Å². The maximum absolute atomic E-state index is 14.5. The van der Waals surface area contributed by atoms with Gasteiger partial charge in [0.15, 0.2) is 11.6 Å². The van der Waals surface area contributed by atoms with Crippen molar-refractivity contribution in [1.82, 2.24) is 4.98 Å². The number of anilines is 2. The molecule has 1 spiro atoms. The van der Waals surface area contributed by atoms with Crippen LogP contribution in [-0.4, -0.2) is 34.5 Å². The third-order valence-electron chi connectivity index (χ3n) is 7.77. The Morgan fingerprint density at radius 1 is 0.919 bits per heavy atom. The molecule has 180 valence electrons. The van der Waals surface area contributed by atoms with Crippen LogP contribution in [0.3, 0.4) is 0 Å². The zero-order valence-electron chi connectivity index (χ0n) is 19.6. The maximum Gasteiger partial charge on any atom is 0.238 e. The number of nitrogens with zero attached hydrogens (tertiary/aromatic N) is 2. The van der Waals surface area contributed by atoms with E-state index in [1.165, 1.54) is 11.3 Å². The Balaban J connectivity index is 1.55. The number of Topliss-reactive ketones (excluding diaryl/α,β-unsaturated/α-hetero) is 2. The molecule has 1 saturated heterocycles. The lowest BCUT2D eigenvalue weighted by atomic mass is 9.64. The molecule has 37 heavy (non-hydrogen) atoms. The second-order valence-corrected chi connectivity index (χ2v) is 10.4. The summed E-state index contributed by atoms with van der Waals surface area (Å²) in [7, 11) is 0. The molecule has 7 rings (SSSR count). The Kier molecular flexibility index (Phi) is 4.78. The van der Waals surface area contributed by atoms with Crippen LogP contribution in [-0.2, 0) is 10.2 Å². The van der Waals surface area contributed by atoms with Gasteiger partial charge < -0.3 is 10.2 Å². The Morgan fingerprint density at radius 2 is 1.73 bits per heavy atom. The van der Waals surface area contributed by atoms with E-state index in [9.17, 15) is 14.4 Å². The molecule has 3 aliphatic rings. The average molecular weight is 504 g/mol. The summed E-state index contributed by atoms with van der Waals surface area (Å²) in [6, 6.07) is 22.6. The summed E-state index contributed by atoms with van der Waals surface area (Å²) in [5.74, 6) is -1.76. The number of benzene rings is 2. The van der Waals surface area contributed by atoms with Crippen molar-refractivity contribution < 1.29 is 14.4 Å². The number of pyridine rings is 1. The van der Waals surface area contributed by atoms with E-state index in [4.69, 9.17) is 0 Å². The van der Waals surface area contributed by atoms with Crippen molar-refractivity contribution in [3.05, 3.63) is 118 Å². The van der Waals surface area contributed by atoms with Crippen molar-refractivity contribution in [3.8, 4) is 0 Å². The Hall–Kier alpha value is -4.36. The number of thiophene rings is 1. The summed E-state index contributed by atoms with van der Waals surface area (Å²) in [6.07, 6.45) is 5.54. The minimum Gasteiger partial charge on any atom is -0.352 e. The number of amides is 1. The van der Waals surface area contributed by atoms with E-state index >= 15 is 0 Å². The van der Waals surface area contributed by atoms with Gasteiger partial charge in [-0.2, -0.15) is 0 Å². The Labute approximate surface area is 217 Å². The van der Waals surface area contributed by atoms with E-state index in [1.54, 1.807) is 30.5 Å². The van der Waals surface area contributed by atoms with Gasteiger partial charge in [0.25, 0.3) is 0 Å². The van der Waals surface area contributed by atoms with Gasteiger partial charge in [-0.15, -0.1) is 11.3 Å². The highest BCUT2D eigenvalue weighted by Crippen LogP contribution is 2.58. The lowest BCUT2D eigenvalue weighted by Crippen LogP contribution is -2.51. The second-order valence-electron chi connectivity index (χ2n) is 9.48. The van der Waals surface area contributed by atoms with Gasteiger partial charge in [0.2, 0.25) is 5.91 Å². The van der Waals surface area contributed by atoms with Gasteiger partial charge in [0.1, 0.15) is 17.2 Å². The monoisotopic (exact) mass is 503 g/mol. The highest BCUT2D eigenvalue weighted by atomic mass is 32.1. The number of hydrogen-bond acceptors (Lipinski definition) is 6. The molecule has 0 unspecified atom stereocenters. The van der Waals surface area contributed by atoms with Crippen LogP contribution < -0.4 is 10.2 Å². The fourth-order valence-corrected chi connectivity index (χ4v) is 7.05. The van der Waals surface area contributed by atoms with Crippen LogP contribution in [0.1, 0.15) is 31.3 Å². The number of carbonyl (C=O) groups is 3. The number of fused-ring (bicyclic) bond motifs is 6. The van der Waals surface area contributed by atoms with E-state index in [1.807, 2.05) is 77.0 Å². The highest BCUT2D eigenvalue weighted by Gasteiger charge is 2.70. The van der Waals surface area contributed by atoms with Crippen LogP contribution in [0.25, 0.3) is 6.08 Å². The fourth-order valence-electron chi connectivity index (χ4n) is 6.35. The van der Waals surface area contributed by atoms with Crippen LogP contribution in [0.5, 0.6) is 0 Å². The van der Waals surface area contributed by atoms with E-state index in [-0.39, 0.29) is 23.2 Å². The number of para-hydroxylation sites is 2. The molecule has 7 heteroatoms. The molecule has 4 aromatic rings. The van der Waals surface area contributed by atoms with Crippen molar-refractivity contribution in [2.75, 3.05) is 10.2 Å².